The van der Waals surface area contributed by atoms with Crippen molar-refractivity contribution in [2.75, 3.05) is 37.1 Å². The number of hydrogen-bond donors (Lipinski definition) is 1. The molecule has 2 fully saturated rings. The Morgan fingerprint density at radius 3 is 2.22 bits per heavy atom. The van der Waals surface area contributed by atoms with Crippen molar-refractivity contribution in [3.63, 3.8) is 0 Å². The van der Waals surface area contributed by atoms with Gasteiger partial charge in [-0.05, 0) is 78.9 Å². The molecule has 0 saturated carbocycles. The molecule has 306 valence electrons. The molecule has 1 N–H and O–H groups in total. The first-order valence-electron chi connectivity index (χ1n) is 20.2. The maximum Gasteiger partial charge on any atom is 0.311 e. The third kappa shape index (κ3) is 9.45. The molecule has 2 aliphatic rings. The Bertz CT molecular complexity index is 2180. The van der Waals surface area contributed by atoms with Crippen LogP contribution in [0, 0.1) is 18.8 Å². The lowest BCUT2D eigenvalue weighted by Crippen LogP contribution is -2.61. The van der Waals surface area contributed by atoms with E-state index in [2.05, 4.69) is 27.1 Å². The van der Waals surface area contributed by atoms with E-state index in [0.717, 1.165) is 53.9 Å². The zero-order valence-corrected chi connectivity index (χ0v) is 34.4. The van der Waals surface area contributed by atoms with Gasteiger partial charge in [0.05, 0.1) is 37.0 Å². The van der Waals surface area contributed by atoms with Gasteiger partial charge in [0.15, 0.2) is 11.5 Å². The monoisotopic (exact) mass is 812 g/mol. The number of pyridine rings is 1. The van der Waals surface area contributed by atoms with Crippen LogP contribution in [-0.2, 0) is 22.6 Å². The van der Waals surface area contributed by atoms with E-state index in [4.69, 9.17) is 30.8 Å². The number of carbonyl (C=O) groups is 1. The molecule has 3 aromatic carbocycles. The lowest BCUT2D eigenvalue weighted by Gasteiger charge is -2.41. The minimum Gasteiger partial charge on any atom is -0.497 e. The van der Waals surface area contributed by atoms with E-state index in [1.165, 1.54) is 19.3 Å². The van der Waals surface area contributed by atoms with Crippen molar-refractivity contribution in [2.45, 2.75) is 96.5 Å². The number of methoxy groups -OCH3 is 2. The maximum absolute atomic E-state index is 17.0. The van der Waals surface area contributed by atoms with Gasteiger partial charge in [-0.25, -0.2) is 9.37 Å². The molecule has 2 bridgehead atoms. The van der Waals surface area contributed by atoms with Gasteiger partial charge in [-0.2, -0.15) is 14.4 Å². The number of carbonyl (C=O) groups excluding carboxylic acids is 1. The molecule has 0 radical (unpaired) electrons. The molecule has 2 aliphatic heterocycles. The van der Waals surface area contributed by atoms with Crippen LogP contribution in [0.5, 0.6) is 11.5 Å². The van der Waals surface area contributed by atoms with Crippen molar-refractivity contribution in [2.24, 2.45) is 0 Å². The molecule has 2 aromatic heterocycles. The van der Waals surface area contributed by atoms with Gasteiger partial charge in [0.25, 0.3) is 0 Å². The van der Waals surface area contributed by atoms with Crippen LogP contribution in [0.25, 0.3) is 22.2 Å². The van der Waals surface area contributed by atoms with Gasteiger partial charge in [0, 0.05) is 43.9 Å². The Kier molecular flexibility index (Phi) is 12.9. The van der Waals surface area contributed by atoms with Crippen LogP contribution in [0.3, 0.4) is 0 Å². The highest BCUT2D eigenvalue weighted by atomic mass is 35.5. The van der Waals surface area contributed by atoms with E-state index in [9.17, 15) is 4.79 Å². The fraction of sp³-hybridized carbons (Fsp3) is 0.422. The van der Waals surface area contributed by atoms with Crippen molar-refractivity contribution < 1.29 is 27.8 Å². The molecular formula is C45H51ClF2N6O4. The number of rotatable bonds is 17. The number of nitrogens with zero attached hydrogens (tertiary/aromatic N) is 5. The van der Waals surface area contributed by atoms with Gasteiger partial charge >= 0.3 is 12.0 Å². The number of aromatic nitrogens is 3. The van der Waals surface area contributed by atoms with Crippen molar-refractivity contribution in [3.05, 3.63) is 100 Å². The summed E-state index contributed by atoms with van der Waals surface area (Å²) in [6.45, 7) is 5.75. The highest BCUT2D eigenvalue weighted by Gasteiger charge is 2.48. The maximum atomic E-state index is 17.0. The topological polar surface area (TPSA) is 102 Å². The fourth-order valence-corrected chi connectivity index (χ4v) is 8.39. The number of aryl methyl sites for hydroxylation is 1. The molecule has 2 atom stereocenters. The van der Waals surface area contributed by atoms with Crippen molar-refractivity contribution in [3.8, 4) is 22.8 Å². The smallest absolute Gasteiger partial charge is 0.311 e. The normalized spacial score (nSPS) is 17.4. The van der Waals surface area contributed by atoms with Crippen LogP contribution in [0.2, 0.25) is 5.02 Å². The van der Waals surface area contributed by atoms with Crippen LogP contribution in [-0.4, -0.2) is 60.0 Å². The predicted molar refractivity (Wildman–Crippen MR) is 223 cm³/mol. The van der Waals surface area contributed by atoms with Crippen molar-refractivity contribution in [1.82, 2.24) is 20.3 Å². The molecule has 7 rings (SSSR count). The van der Waals surface area contributed by atoms with Crippen molar-refractivity contribution in [1.29, 1.82) is 0 Å². The molecule has 0 aliphatic carbocycles. The van der Waals surface area contributed by atoms with Gasteiger partial charge in [0.2, 0.25) is 0 Å². The Labute approximate surface area is 343 Å². The Hall–Kier alpha value is -5.07. The van der Waals surface area contributed by atoms with Crippen LogP contribution in [0.4, 0.5) is 20.4 Å². The minimum atomic E-state index is -1.07. The molecule has 4 heterocycles. The summed E-state index contributed by atoms with van der Waals surface area (Å²) in [5.41, 5.74) is 1.99. The van der Waals surface area contributed by atoms with E-state index in [-0.39, 0.29) is 51.6 Å². The summed E-state index contributed by atoms with van der Waals surface area (Å²) in [6.07, 6.45) is 7.03. The quantitative estimate of drug-likeness (QED) is 0.0555. The molecular weight excluding hydrogens is 762 g/mol. The number of fused-ring (bicyclic) bond motifs is 3. The van der Waals surface area contributed by atoms with Crippen LogP contribution in [0.1, 0.15) is 81.4 Å². The Morgan fingerprint density at radius 1 is 0.914 bits per heavy atom. The van der Waals surface area contributed by atoms with E-state index < -0.39 is 17.6 Å². The van der Waals surface area contributed by atoms with Crippen LogP contribution < -0.4 is 24.6 Å². The Morgan fingerprint density at radius 2 is 1.57 bits per heavy atom. The van der Waals surface area contributed by atoms with E-state index in [1.807, 2.05) is 66.4 Å². The second-order valence-corrected chi connectivity index (χ2v) is 15.9. The molecule has 5 aromatic rings. The summed E-state index contributed by atoms with van der Waals surface area (Å²) < 4.78 is 49.2. The average molecular weight is 813 g/mol. The second kappa shape index (κ2) is 18.2. The van der Waals surface area contributed by atoms with Gasteiger partial charge in [0.1, 0.15) is 28.7 Å². The van der Waals surface area contributed by atoms with E-state index >= 15 is 8.78 Å². The number of ether oxygens (including phenoxy) is 3. The first-order valence-corrected chi connectivity index (χ1v) is 20.5. The second-order valence-electron chi connectivity index (χ2n) is 15.4. The van der Waals surface area contributed by atoms with E-state index in [0.29, 0.717) is 38.3 Å². The average Bonchev–Trinajstić information content (AvgIpc) is 3.51. The summed E-state index contributed by atoms with van der Waals surface area (Å²) in [4.78, 5) is 30.1. The molecule has 2 saturated heterocycles. The predicted octanol–water partition coefficient (Wildman–Crippen LogP) is 9.72. The summed E-state index contributed by atoms with van der Waals surface area (Å²) in [7, 11) is 3.26. The fourth-order valence-electron chi connectivity index (χ4n) is 8.11. The first-order chi connectivity index (χ1) is 28.1. The number of halogens is 3. The lowest BCUT2D eigenvalue weighted by molar-refractivity contribution is -0.162. The molecule has 10 nitrogen and oxygen atoms in total. The molecule has 0 spiro atoms. The molecule has 2 unspecified atom stereocenters. The van der Waals surface area contributed by atoms with Gasteiger partial charge in [-0.1, -0.05) is 74.9 Å². The number of unbranched alkanes of at least 4 members (excludes halogenated alkanes) is 5. The number of benzene rings is 3. The third-order valence-corrected chi connectivity index (χ3v) is 11.3. The summed E-state index contributed by atoms with van der Waals surface area (Å²) in [5, 5.41) is 3.83. The lowest BCUT2D eigenvalue weighted by atomic mass is 10.0. The van der Waals surface area contributed by atoms with Gasteiger partial charge < -0.3 is 24.0 Å². The number of nitrogens with one attached hydrogen (secondary N) is 1. The summed E-state index contributed by atoms with van der Waals surface area (Å²) >= 11 is 6.98. The van der Waals surface area contributed by atoms with Crippen LogP contribution in [0.15, 0.2) is 66.7 Å². The third-order valence-electron chi connectivity index (χ3n) is 11.0. The van der Waals surface area contributed by atoms with Gasteiger partial charge in [-0.3, -0.25) is 10.1 Å². The summed E-state index contributed by atoms with van der Waals surface area (Å²) in [6, 6.07) is 20.9. The number of anilines is 2. The highest BCUT2D eigenvalue weighted by Crippen LogP contribution is 2.41. The molecule has 13 heteroatoms. The minimum absolute atomic E-state index is 0.0116. The first kappa shape index (κ1) is 41.1. The molecule has 58 heavy (non-hydrogen) atoms. The number of hydrogen-bond acceptors (Lipinski definition) is 10. The standard InChI is InChI=1S/C45H51ClF2N6O4/c1-5-6-7-8-9-10-11-39(55)58-45-21-20-32(52-45)27-54(28-45)43-35-24-36(46)40(41(47)42(35)50-44(48)51-43)37-22-29(2)23-38(49-37)53(25-30-12-16-33(56-3)17-13-30)26-31-14-18-34(57-4)19-15-31/h12-19,22-24,32,52H,5-11,20-21,25-28H2,1-4H3. The van der Waals surface area contributed by atoms with Crippen molar-refractivity contribution >= 4 is 40.1 Å². The highest BCUT2D eigenvalue weighted by molar-refractivity contribution is 6.34. The van der Waals surface area contributed by atoms with Gasteiger partial charge in [-0.15, -0.1) is 0 Å². The Balaban J connectivity index is 1.19. The summed E-state index contributed by atoms with van der Waals surface area (Å²) in [5.74, 6) is 1.22. The zero-order chi connectivity index (χ0) is 40.8. The van der Waals surface area contributed by atoms with Crippen LogP contribution >= 0.6 is 11.6 Å². The largest absolute Gasteiger partial charge is 0.497 e. The zero-order valence-electron chi connectivity index (χ0n) is 33.6. The number of esters is 1. The number of piperazine rings is 1. The molecule has 0 amide bonds. The van der Waals surface area contributed by atoms with E-state index in [1.54, 1.807) is 26.4 Å². The SMILES string of the molecule is CCCCCCCCC(=O)OC12CCC(CN(c3nc(F)nc4c(F)c(-c5cc(C)cc(N(Cc6ccc(OC)cc6)Cc6ccc(OC)cc6)n5)c(Cl)cc34)C1)N2.